The molecule has 0 aromatic heterocycles. The van der Waals surface area contributed by atoms with Gasteiger partial charge in [0.1, 0.15) is 0 Å². The van der Waals surface area contributed by atoms with Gasteiger partial charge in [-0.25, -0.2) is 0 Å². The average Bonchev–Trinajstić information content (AvgIpc) is 1.94. The lowest BCUT2D eigenvalue weighted by molar-refractivity contribution is -0.137. The predicted octanol–water partition coefficient (Wildman–Crippen LogP) is 4.32. The van der Waals surface area contributed by atoms with E-state index < -0.39 is 11.7 Å². The van der Waals surface area contributed by atoms with Crippen LogP contribution in [0.15, 0.2) is 12.1 Å². The Bertz CT molecular complexity index is 331. The van der Waals surface area contributed by atoms with E-state index in [2.05, 4.69) is 0 Å². The summed E-state index contributed by atoms with van der Waals surface area (Å²) in [5.41, 5.74) is -0.371. The van der Waals surface area contributed by atoms with Crippen molar-refractivity contribution in [3.05, 3.63) is 33.3 Å². The summed E-state index contributed by atoms with van der Waals surface area (Å²) >= 11 is 10.9. The van der Waals surface area contributed by atoms with Crippen LogP contribution in [0.4, 0.5) is 13.2 Å². The minimum Gasteiger partial charge on any atom is -0.166 e. The molecular weight excluding hydrogens is 224 g/mol. The highest BCUT2D eigenvalue weighted by Crippen LogP contribution is 2.37. The molecule has 0 spiro atoms. The van der Waals surface area contributed by atoms with Gasteiger partial charge in [0.05, 0.1) is 10.6 Å². The number of hydrogen-bond acceptors (Lipinski definition) is 0. The van der Waals surface area contributed by atoms with Crippen molar-refractivity contribution in [3.8, 4) is 0 Å². The van der Waals surface area contributed by atoms with Gasteiger partial charge in [-0.15, -0.1) is 0 Å². The normalized spacial score (nSPS) is 11.8. The molecular formula is C8H5Cl2F3. The fourth-order valence-electron chi connectivity index (χ4n) is 0.864. The van der Waals surface area contributed by atoms with Crippen molar-refractivity contribution in [1.82, 2.24) is 0 Å². The summed E-state index contributed by atoms with van der Waals surface area (Å²) < 4.78 is 36.7. The van der Waals surface area contributed by atoms with E-state index in [1.165, 1.54) is 6.07 Å². The van der Waals surface area contributed by atoms with Gasteiger partial charge in [-0.3, -0.25) is 0 Å². The van der Waals surface area contributed by atoms with Crippen molar-refractivity contribution in [2.24, 2.45) is 0 Å². The van der Waals surface area contributed by atoms with Gasteiger partial charge in [-0.1, -0.05) is 23.2 Å². The molecule has 5 heteroatoms. The zero-order valence-corrected chi connectivity index (χ0v) is 8.06. The Kier molecular flexibility index (Phi) is 2.78. The zero-order valence-electron chi connectivity index (χ0n) is 6.54. The third kappa shape index (κ3) is 2.29. The molecule has 1 aromatic carbocycles. The second-order valence-corrected chi connectivity index (χ2v) is 3.39. The van der Waals surface area contributed by atoms with Gasteiger partial charge in [0, 0.05) is 5.02 Å². The Morgan fingerprint density at radius 1 is 1.08 bits per heavy atom. The predicted molar refractivity (Wildman–Crippen MR) is 46.2 cm³/mol. The maximum absolute atomic E-state index is 12.2. The summed E-state index contributed by atoms with van der Waals surface area (Å²) in [7, 11) is 0. The number of aryl methyl sites for hydroxylation is 1. The number of benzene rings is 1. The first-order valence-electron chi connectivity index (χ1n) is 3.35. The van der Waals surface area contributed by atoms with Crippen LogP contribution in [0, 0.1) is 6.92 Å². The summed E-state index contributed by atoms with van der Waals surface area (Å²) in [6, 6.07) is 2.03. The number of hydrogen-bond donors (Lipinski definition) is 0. The molecule has 0 unspecified atom stereocenters. The van der Waals surface area contributed by atoms with Gasteiger partial charge >= 0.3 is 6.18 Å². The highest BCUT2D eigenvalue weighted by Gasteiger charge is 2.33. The minimum absolute atomic E-state index is 0.0664. The Balaban J connectivity index is 3.32. The minimum atomic E-state index is -4.45. The van der Waals surface area contributed by atoms with Gasteiger partial charge in [-0.2, -0.15) is 13.2 Å². The number of alkyl halides is 3. The summed E-state index contributed by atoms with van der Waals surface area (Å²) in [4.78, 5) is 0. The highest BCUT2D eigenvalue weighted by atomic mass is 35.5. The summed E-state index contributed by atoms with van der Waals surface area (Å²) in [5, 5.41) is -0.258. The molecule has 13 heavy (non-hydrogen) atoms. The van der Waals surface area contributed by atoms with E-state index in [0.29, 0.717) is 5.56 Å². The van der Waals surface area contributed by atoms with Crippen molar-refractivity contribution >= 4 is 23.2 Å². The molecule has 0 aliphatic carbocycles. The standard InChI is InChI=1S/C8H5Cl2F3/c1-4-2-7(10)5(3-6(4)9)8(11,12)13/h2-3H,1H3. The molecule has 0 N–H and O–H groups in total. The molecule has 0 nitrogen and oxygen atoms in total. The number of rotatable bonds is 0. The SMILES string of the molecule is Cc1cc(Cl)c(C(F)(F)F)cc1Cl. The van der Waals surface area contributed by atoms with Crippen LogP contribution in [0.1, 0.15) is 11.1 Å². The maximum atomic E-state index is 12.2. The van der Waals surface area contributed by atoms with Gasteiger partial charge in [0.25, 0.3) is 0 Å². The zero-order chi connectivity index (χ0) is 10.2. The van der Waals surface area contributed by atoms with Gasteiger partial charge in [0.15, 0.2) is 0 Å². The van der Waals surface area contributed by atoms with Crippen LogP contribution in [0.5, 0.6) is 0 Å². The summed E-state index contributed by atoms with van der Waals surface area (Å²) in [6.07, 6.45) is -4.45. The molecule has 0 radical (unpaired) electrons. The van der Waals surface area contributed by atoms with E-state index in [-0.39, 0.29) is 10.0 Å². The molecule has 0 aliphatic heterocycles. The van der Waals surface area contributed by atoms with E-state index in [0.717, 1.165) is 6.07 Å². The van der Waals surface area contributed by atoms with Crippen molar-refractivity contribution in [3.63, 3.8) is 0 Å². The third-order valence-electron chi connectivity index (χ3n) is 1.55. The Morgan fingerprint density at radius 2 is 1.62 bits per heavy atom. The van der Waals surface area contributed by atoms with Crippen molar-refractivity contribution in [2.75, 3.05) is 0 Å². The second-order valence-electron chi connectivity index (χ2n) is 2.58. The largest absolute Gasteiger partial charge is 0.417 e. The van der Waals surface area contributed by atoms with Gasteiger partial charge in [-0.05, 0) is 24.6 Å². The van der Waals surface area contributed by atoms with Crippen molar-refractivity contribution in [1.29, 1.82) is 0 Å². The molecule has 0 amide bonds. The van der Waals surface area contributed by atoms with Crippen LogP contribution in [0.3, 0.4) is 0 Å². The fourth-order valence-corrected chi connectivity index (χ4v) is 1.35. The Morgan fingerprint density at radius 3 is 2.08 bits per heavy atom. The monoisotopic (exact) mass is 228 g/mol. The topological polar surface area (TPSA) is 0 Å². The van der Waals surface area contributed by atoms with Gasteiger partial charge in [0.2, 0.25) is 0 Å². The lowest BCUT2D eigenvalue weighted by Crippen LogP contribution is -2.06. The van der Waals surface area contributed by atoms with Crippen molar-refractivity contribution < 1.29 is 13.2 Å². The average molecular weight is 229 g/mol. The quantitative estimate of drug-likeness (QED) is 0.621. The molecule has 0 atom stereocenters. The van der Waals surface area contributed by atoms with Crippen LogP contribution in [-0.2, 0) is 6.18 Å². The number of halogens is 5. The molecule has 1 aromatic rings. The summed E-state index contributed by atoms with van der Waals surface area (Å²) in [6.45, 7) is 1.59. The molecule has 0 fully saturated rings. The van der Waals surface area contributed by atoms with E-state index in [1.54, 1.807) is 6.92 Å². The first-order valence-corrected chi connectivity index (χ1v) is 4.11. The molecule has 0 heterocycles. The molecule has 1 rings (SSSR count). The van der Waals surface area contributed by atoms with E-state index in [4.69, 9.17) is 23.2 Å². The smallest absolute Gasteiger partial charge is 0.166 e. The van der Waals surface area contributed by atoms with E-state index in [1.807, 2.05) is 0 Å². The van der Waals surface area contributed by atoms with Crippen LogP contribution in [-0.4, -0.2) is 0 Å². The third-order valence-corrected chi connectivity index (χ3v) is 2.27. The molecule has 0 saturated heterocycles. The van der Waals surface area contributed by atoms with E-state index >= 15 is 0 Å². The van der Waals surface area contributed by atoms with Crippen molar-refractivity contribution in [2.45, 2.75) is 13.1 Å². The first-order chi connectivity index (χ1) is 5.82. The lowest BCUT2D eigenvalue weighted by Gasteiger charge is -2.10. The lowest BCUT2D eigenvalue weighted by atomic mass is 10.1. The Labute approximate surface area is 83.3 Å². The van der Waals surface area contributed by atoms with Gasteiger partial charge < -0.3 is 0 Å². The first kappa shape index (κ1) is 10.7. The maximum Gasteiger partial charge on any atom is 0.417 e. The van der Waals surface area contributed by atoms with Crippen LogP contribution >= 0.6 is 23.2 Å². The van der Waals surface area contributed by atoms with E-state index in [9.17, 15) is 13.2 Å². The van der Waals surface area contributed by atoms with Crippen LogP contribution in [0.25, 0.3) is 0 Å². The Hall–Kier alpha value is -0.410. The molecule has 0 saturated carbocycles. The highest BCUT2D eigenvalue weighted by molar-refractivity contribution is 6.34. The molecule has 0 aliphatic rings. The molecule has 0 bridgehead atoms. The second kappa shape index (κ2) is 3.39. The fraction of sp³-hybridized carbons (Fsp3) is 0.250. The summed E-state index contributed by atoms with van der Waals surface area (Å²) in [5.74, 6) is 0. The van der Waals surface area contributed by atoms with Crippen LogP contribution < -0.4 is 0 Å². The molecule has 72 valence electrons. The van der Waals surface area contributed by atoms with Crippen LogP contribution in [0.2, 0.25) is 10.0 Å².